The van der Waals surface area contributed by atoms with Crippen molar-refractivity contribution in [3.63, 3.8) is 0 Å². The minimum Gasteiger partial charge on any atom is -0.469 e. The lowest BCUT2D eigenvalue weighted by Gasteiger charge is -2.15. The summed E-state index contributed by atoms with van der Waals surface area (Å²) in [5.41, 5.74) is 1.59. The summed E-state index contributed by atoms with van der Waals surface area (Å²) in [5.74, 6) is 0.775. The van der Waals surface area contributed by atoms with E-state index in [0.717, 1.165) is 51.3 Å². The first-order chi connectivity index (χ1) is 11.3. The molecule has 0 fully saturated rings. The third-order valence-electron chi connectivity index (χ3n) is 4.00. The number of aliphatic imine (C=N–C) groups is 1. The lowest BCUT2D eigenvalue weighted by atomic mass is 9.97. The second kappa shape index (κ2) is 15.7. The van der Waals surface area contributed by atoms with E-state index in [9.17, 15) is 4.79 Å². The van der Waals surface area contributed by atoms with Crippen molar-refractivity contribution in [3.05, 3.63) is 11.6 Å². The Bertz CT molecular complexity index is 398. The molecule has 140 valence electrons. The molecule has 1 rings (SSSR count). The van der Waals surface area contributed by atoms with Gasteiger partial charge in [0.25, 0.3) is 0 Å². The number of carbonyl (C=O) groups excluding carboxylic acids is 1. The van der Waals surface area contributed by atoms with Crippen LogP contribution in [0.1, 0.15) is 64.7 Å². The van der Waals surface area contributed by atoms with Gasteiger partial charge in [0.2, 0.25) is 0 Å². The van der Waals surface area contributed by atoms with Crippen LogP contribution in [0.3, 0.4) is 0 Å². The lowest BCUT2D eigenvalue weighted by molar-refractivity contribution is -0.140. The molecule has 0 aromatic heterocycles. The molecule has 0 spiro atoms. The average Bonchev–Trinajstić information content (AvgIpc) is 2.58. The zero-order chi connectivity index (χ0) is 16.8. The number of nitrogens with one attached hydrogen (secondary N) is 2. The third kappa shape index (κ3) is 11.7. The van der Waals surface area contributed by atoms with Crippen LogP contribution in [0.5, 0.6) is 0 Å². The number of halogens is 1. The van der Waals surface area contributed by atoms with E-state index in [4.69, 9.17) is 0 Å². The highest BCUT2D eigenvalue weighted by Gasteiger charge is 2.04. The van der Waals surface area contributed by atoms with E-state index in [1.807, 2.05) is 0 Å². The van der Waals surface area contributed by atoms with E-state index in [1.54, 1.807) is 5.57 Å². The normalized spacial score (nSPS) is 14.4. The number of esters is 1. The smallest absolute Gasteiger partial charge is 0.305 e. The van der Waals surface area contributed by atoms with Crippen LogP contribution in [0.2, 0.25) is 0 Å². The molecule has 1 aliphatic carbocycles. The largest absolute Gasteiger partial charge is 0.469 e. The second-order valence-corrected chi connectivity index (χ2v) is 5.93. The number of ether oxygens (including phenoxy) is 1. The molecule has 6 heteroatoms. The number of methoxy groups -OCH3 is 1. The number of nitrogens with zero attached hydrogens (tertiary/aromatic N) is 1. The van der Waals surface area contributed by atoms with Gasteiger partial charge in [-0.25, -0.2) is 0 Å². The van der Waals surface area contributed by atoms with Crippen LogP contribution in [0, 0.1) is 0 Å². The Morgan fingerprint density at radius 2 is 2.08 bits per heavy atom. The van der Waals surface area contributed by atoms with Gasteiger partial charge in [0, 0.05) is 26.1 Å². The fourth-order valence-electron chi connectivity index (χ4n) is 2.67. The lowest BCUT2D eigenvalue weighted by Crippen LogP contribution is -2.38. The molecule has 0 saturated carbocycles. The first-order valence-corrected chi connectivity index (χ1v) is 9.03. The van der Waals surface area contributed by atoms with Crippen LogP contribution in [-0.4, -0.2) is 38.7 Å². The summed E-state index contributed by atoms with van der Waals surface area (Å²) in [7, 11) is 1.43. The van der Waals surface area contributed by atoms with Crippen molar-refractivity contribution in [2.75, 3.05) is 26.7 Å². The maximum absolute atomic E-state index is 11.0. The van der Waals surface area contributed by atoms with Crippen molar-refractivity contribution in [1.29, 1.82) is 0 Å². The second-order valence-electron chi connectivity index (χ2n) is 5.93. The molecule has 0 atom stereocenters. The van der Waals surface area contributed by atoms with Crippen LogP contribution < -0.4 is 10.6 Å². The molecule has 1 aliphatic rings. The Labute approximate surface area is 164 Å². The SMILES string of the molecule is CCNC(=NCCCCCC(=O)OC)NCCC1=CCCCC1.I. The predicted molar refractivity (Wildman–Crippen MR) is 111 cm³/mol. The molecule has 5 nitrogen and oxygen atoms in total. The van der Waals surface area contributed by atoms with Gasteiger partial charge in [-0.05, 0) is 51.9 Å². The zero-order valence-corrected chi connectivity index (χ0v) is 17.6. The summed E-state index contributed by atoms with van der Waals surface area (Å²) < 4.78 is 4.63. The van der Waals surface area contributed by atoms with Crippen molar-refractivity contribution in [1.82, 2.24) is 10.6 Å². The number of allylic oxidation sites excluding steroid dienone is 1. The maximum atomic E-state index is 11.0. The fourth-order valence-corrected chi connectivity index (χ4v) is 2.67. The number of guanidine groups is 1. The van der Waals surface area contributed by atoms with Crippen molar-refractivity contribution in [3.8, 4) is 0 Å². The first-order valence-electron chi connectivity index (χ1n) is 9.03. The summed E-state index contributed by atoms with van der Waals surface area (Å²) in [6.07, 6.45) is 12.1. The topological polar surface area (TPSA) is 62.7 Å². The Kier molecular flexibility index (Phi) is 15.2. The molecule has 0 aromatic carbocycles. The van der Waals surface area contributed by atoms with Gasteiger partial charge in [-0.1, -0.05) is 18.1 Å². The van der Waals surface area contributed by atoms with Gasteiger partial charge in [0.05, 0.1) is 7.11 Å². The highest BCUT2D eigenvalue weighted by molar-refractivity contribution is 14.0. The van der Waals surface area contributed by atoms with Gasteiger partial charge >= 0.3 is 5.97 Å². The summed E-state index contributed by atoms with van der Waals surface area (Å²) in [6, 6.07) is 0. The van der Waals surface area contributed by atoms with Crippen molar-refractivity contribution < 1.29 is 9.53 Å². The van der Waals surface area contributed by atoms with E-state index >= 15 is 0 Å². The van der Waals surface area contributed by atoms with E-state index in [2.05, 4.69) is 33.4 Å². The minimum absolute atomic E-state index is 0. The molecular formula is C18H34IN3O2. The maximum Gasteiger partial charge on any atom is 0.305 e. The van der Waals surface area contributed by atoms with Gasteiger partial charge in [0.15, 0.2) is 5.96 Å². The van der Waals surface area contributed by atoms with Crippen molar-refractivity contribution >= 4 is 35.9 Å². The number of carbonyl (C=O) groups is 1. The molecule has 0 saturated heterocycles. The van der Waals surface area contributed by atoms with Gasteiger partial charge in [-0.3, -0.25) is 9.79 Å². The standard InChI is InChI=1S/C18H33N3O2.HI/c1-3-19-18(20-14-9-5-8-12-17(22)23-2)21-15-13-16-10-6-4-7-11-16;/h10H,3-9,11-15H2,1-2H3,(H2,19,20,21);1H. The summed E-state index contributed by atoms with van der Waals surface area (Å²) in [5, 5.41) is 6.69. The number of hydrogen-bond donors (Lipinski definition) is 2. The molecule has 0 heterocycles. The van der Waals surface area contributed by atoms with Gasteiger partial charge in [-0.15, -0.1) is 24.0 Å². The van der Waals surface area contributed by atoms with Gasteiger partial charge in [0.1, 0.15) is 0 Å². The molecule has 0 bridgehead atoms. The van der Waals surface area contributed by atoms with Crippen LogP contribution in [0.15, 0.2) is 16.6 Å². The molecular weight excluding hydrogens is 417 g/mol. The van der Waals surface area contributed by atoms with E-state index in [1.165, 1.54) is 32.8 Å². The zero-order valence-electron chi connectivity index (χ0n) is 15.2. The van der Waals surface area contributed by atoms with Crippen LogP contribution >= 0.6 is 24.0 Å². The number of hydrogen-bond acceptors (Lipinski definition) is 3. The quantitative estimate of drug-likeness (QED) is 0.133. The average molecular weight is 451 g/mol. The highest BCUT2D eigenvalue weighted by atomic mass is 127. The minimum atomic E-state index is -0.125. The summed E-state index contributed by atoms with van der Waals surface area (Å²) in [6.45, 7) is 4.69. The molecule has 0 aliphatic heterocycles. The van der Waals surface area contributed by atoms with Crippen molar-refractivity contribution in [2.24, 2.45) is 4.99 Å². The van der Waals surface area contributed by atoms with E-state index in [0.29, 0.717) is 6.42 Å². The fraction of sp³-hybridized carbons (Fsp3) is 0.778. The highest BCUT2D eigenvalue weighted by Crippen LogP contribution is 2.19. The van der Waals surface area contributed by atoms with E-state index in [-0.39, 0.29) is 29.9 Å². The van der Waals surface area contributed by atoms with Crippen LogP contribution in [0.4, 0.5) is 0 Å². The Morgan fingerprint density at radius 1 is 1.25 bits per heavy atom. The first kappa shape index (κ1) is 23.2. The molecule has 0 unspecified atom stereocenters. The predicted octanol–water partition coefficient (Wildman–Crippen LogP) is 3.78. The van der Waals surface area contributed by atoms with Crippen molar-refractivity contribution in [2.45, 2.75) is 64.7 Å². The van der Waals surface area contributed by atoms with Crippen LogP contribution in [0.25, 0.3) is 0 Å². The molecule has 0 amide bonds. The Morgan fingerprint density at radius 3 is 2.75 bits per heavy atom. The molecule has 0 aromatic rings. The molecule has 24 heavy (non-hydrogen) atoms. The van der Waals surface area contributed by atoms with Gasteiger partial charge < -0.3 is 15.4 Å². The van der Waals surface area contributed by atoms with Gasteiger partial charge in [-0.2, -0.15) is 0 Å². The van der Waals surface area contributed by atoms with E-state index < -0.39 is 0 Å². The number of rotatable bonds is 10. The summed E-state index contributed by atoms with van der Waals surface area (Å²) >= 11 is 0. The Balaban J connectivity index is 0.00000529. The monoisotopic (exact) mass is 451 g/mol. The number of unbranched alkanes of at least 4 members (excludes halogenated alkanes) is 2. The Hall–Kier alpha value is -0.790. The third-order valence-corrected chi connectivity index (χ3v) is 4.00. The molecule has 2 N–H and O–H groups in total. The molecule has 0 radical (unpaired) electrons. The van der Waals surface area contributed by atoms with Crippen LogP contribution in [-0.2, 0) is 9.53 Å². The summed E-state index contributed by atoms with van der Waals surface area (Å²) in [4.78, 5) is 15.6.